The topological polar surface area (TPSA) is 75.4 Å². The highest BCUT2D eigenvalue weighted by molar-refractivity contribution is 7.14. The number of fused-ring (bicyclic) bond motifs is 1. The molecule has 1 fully saturated rings. The molecule has 126 valence electrons. The first-order valence-electron chi connectivity index (χ1n) is 8.44. The summed E-state index contributed by atoms with van der Waals surface area (Å²) in [5, 5.41) is 3.16. The number of aryl methyl sites for hydroxylation is 1. The molecule has 1 saturated heterocycles. The third-order valence-electron chi connectivity index (χ3n) is 4.86. The van der Waals surface area contributed by atoms with Crippen molar-refractivity contribution >= 4 is 23.2 Å². The second kappa shape index (κ2) is 7.01. The standard InChI is InChI=1S/C17H25N3O2S/c1-11-2-3-14-12(8-11)9-15(23-14)17(22)19-13-4-6-20(7-5-13)10-16(18)21/h9,11,13H,2-8,10H2,1H3,(H2,18,21)(H,19,22). The second-order valence-corrected chi connectivity index (χ2v) is 8.03. The number of nitrogens with one attached hydrogen (secondary N) is 1. The fraction of sp³-hybridized carbons (Fsp3) is 0.647. The highest BCUT2D eigenvalue weighted by Crippen LogP contribution is 2.32. The zero-order chi connectivity index (χ0) is 16.4. The Morgan fingerprint density at radius 1 is 1.35 bits per heavy atom. The number of hydrogen-bond donors (Lipinski definition) is 2. The summed E-state index contributed by atoms with van der Waals surface area (Å²) in [6, 6.07) is 2.29. The van der Waals surface area contributed by atoms with Crippen molar-refractivity contribution in [3.63, 3.8) is 0 Å². The van der Waals surface area contributed by atoms with E-state index < -0.39 is 0 Å². The molecular weight excluding hydrogens is 310 g/mol. The first kappa shape index (κ1) is 16.5. The number of nitrogens with zero attached hydrogens (tertiary/aromatic N) is 1. The van der Waals surface area contributed by atoms with Crippen LogP contribution in [0.5, 0.6) is 0 Å². The van der Waals surface area contributed by atoms with E-state index in [1.807, 2.05) is 0 Å². The Morgan fingerprint density at radius 3 is 2.78 bits per heavy atom. The maximum Gasteiger partial charge on any atom is 0.261 e. The molecule has 1 unspecified atom stereocenters. The largest absolute Gasteiger partial charge is 0.369 e. The van der Waals surface area contributed by atoms with Crippen molar-refractivity contribution in [1.29, 1.82) is 0 Å². The van der Waals surface area contributed by atoms with Crippen LogP contribution in [0.25, 0.3) is 0 Å². The van der Waals surface area contributed by atoms with Crippen LogP contribution in [0.15, 0.2) is 6.07 Å². The molecule has 0 saturated carbocycles. The van der Waals surface area contributed by atoms with E-state index in [1.54, 1.807) is 11.3 Å². The molecule has 23 heavy (non-hydrogen) atoms. The van der Waals surface area contributed by atoms with Gasteiger partial charge in [-0.25, -0.2) is 0 Å². The van der Waals surface area contributed by atoms with Crippen LogP contribution in [-0.2, 0) is 17.6 Å². The lowest BCUT2D eigenvalue weighted by atomic mass is 9.90. The molecule has 3 rings (SSSR count). The van der Waals surface area contributed by atoms with E-state index in [0.717, 1.165) is 49.6 Å². The molecule has 0 bridgehead atoms. The quantitative estimate of drug-likeness (QED) is 0.877. The number of hydrogen-bond acceptors (Lipinski definition) is 4. The number of likely N-dealkylation sites (tertiary alicyclic amines) is 1. The molecule has 2 amide bonds. The minimum absolute atomic E-state index is 0.0606. The summed E-state index contributed by atoms with van der Waals surface area (Å²) < 4.78 is 0. The molecule has 0 aromatic carbocycles. The van der Waals surface area contributed by atoms with Gasteiger partial charge in [0.05, 0.1) is 11.4 Å². The van der Waals surface area contributed by atoms with Crippen LogP contribution in [0, 0.1) is 5.92 Å². The Morgan fingerprint density at radius 2 is 2.09 bits per heavy atom. The summed E-state index contributed by atoms with van der Waals surface area (Å²) in [6.07, 6.45) is 5.19. The van der Waals surface area contributed by atoms with Gasteiger partial charge in [0.2, 0.25) is 5.91 Å². The van der Waals surface area contributed by atoms with E-state index in [4.69, 9.17) is 5.73 Å². The molecule has 2 heterocycles. The van der Waals surface area contributed by atoms with Crippen molar-refractivity contribution < 1.29 is 9.59 Å². The average Bonchev–Trinajstić information content (AvgIpc) is 2.92. The molecule has 1 aliphatic heterocycles. The molecule has 2 aliphatic rings. The molecule has 3 N–H and O–H groups in total. The van der Waals surface area contributed by atoms with Crippen molar-refractivity contribution in [2.75, 3.05) is 19.6 Å². The Bertz CT molecular complexity index is 591. The number of thiophene rings is 1. The Balaban J connectivity index is 1.53. The number of rotatable bonds is 4. The summed E-state index contributed by atoms with van der Waals surface area (Å²) in [5.74, 6) is 0.499. The van der Waals surface area contributed by atoms with Gasteiger partial charge in [-0.15, -0.1) is 11.3 Å². The van der Waals surface area contributed by atoms with Gasteiger partial charge < -0.3 is 11.1 Å². The molecule has 6 heteroatoms. The van der Waals surface area contributed by atoms with Crippen LogP contribution in [0.4, 0.5) is 0 Å². The summed E-state index contributed by atoms with van der Waals surface area (Å²) in [6.45, 7) is 4.22. The molecule has 1 aliphatic carbocycles. The van der Waals surface area contributed by atoms with E-state index in [-0.39, 0.29) is 17.9 Å². The zero-order valence-electron chi connectivity index (χ0n) is 13.6. The highest BCUT2D eigenvalue weighted by Gasteiger charge is 2.24. The summed E-state index contributed by atoms with van der Waals surface area (Å²) in [7, 11) is 0. The molecular formula is C17H25N3O2S. The smallest absolute Gasteiger partial charge is 0.261 e. The minimum atomic E-state index is -0.286. The predicted molar refractivity (Wildman–Crippen MR) is 91.6 cm³/mol. The maximum atomic E-state index is 12.5. The number of piperidine rings is 1. The SMILES string of the molecule is CC1CCc2sc(C(=O)NC3CCN(CC(N)=O)CC3)cc2C1. The van der Waals surface area contributed by atoms with Gasteiger partial charge in [-0.1, -0.05) is 6.92 Å². The van der Waals surface area contributed by atoms with Crippen molar-refractivity contribution in [3.8, 4) is 0 Å². The van der Waals surface area contributed by atoms with Crippen molar-refractivity contribution in [3.05, 3.63) is 21.4 Å². The Kier molecular flexibility index (Phi) is 5.02. The number of amides is 2. The summed E-state index contributed by atoms with van der Waals surface area (Å²) in [5.41, 5.74) is 6.59. The number of nitrogens with two attached hydrogens (primary N) is 1. The summed E-state index contributed by atoms with van der Waals surface area (Å²) in [4.78, 5) is 27.7. The number of carbonyl (C=O) groups excluding carboxylic acids is 2. The van der Waals surface area contributed by atoms with Crippen LogP contribution in [0.1, 0.15) is 46.3 Å². The molecule has 1 atom stereocenters. The molecule has 1 aromatic heterocycles. The van der Waals surface area contributed by atoms with Crippen LogP contribution in [0.3, 0.4) is 0 Å². The van der Waals surface area contributed by atoms with E-state index in [0.29, 0.717) is 6.54 Å². The Labute approximate surface area is 141 Å². The average molecular weight is 335 g/mol. The van der Waals surface area contributed by atoms with Gasteiger partial charge in [0.25, 0.3) is 5.91 Å². The lowest BCUT2D eigenvalue weighted by Crippen LogP contribution is -2.46. The zero-order valence-corrected chi connectivity index (χ0v) is 14.5. The van der Waals surface area contributed by atoms with Gasteiger partial charge in [-0.2, -0.15) is 0 Å². The van der Waals surface area contributed by atoms with Crippen molar-refractivity contribution in [1.82, 2.24) is 10.2 Å². The van der Waals surface area contributed by atoms with E-state index >= 15 is 0 Å². The van der Waals surface area contributed by atoms with Crippen molar-refractivity contribution in [2.45, 2.75) is 45.1 Å². The number of primary amides is 1. The van der Waals surface area contributed by atoms with Gasteiger partial charge in [-0.3, -0.25) is 14.5 Å². The van der Waals surface area contributed by atoms with Gasteiger partial charge in [0, 0.05) is 24.0 Å². The van der Waals surface area contributed by atoms with Crippen LogP contribution >= 0.6 is 11.3 Å². The van der Waals surface area contributed by atoms with E-state index in [1.165, 1.54) is 16.9 Å². The third kappa shape index (κ3) is 4.12. The lowest BCUT2D eigenvalue weighted by molar-refractivity contribution is -0.119. The third-order valence-corrected chi connectivity index (χ3v) is 6.09. The monoisotopic (exact) mass is 335 g/mol. The van der Waals surface area contributed by atoms with Crippen LogP contribution < -0.4 is 11.1 Å². The van der Waals surface area contributed by atoms with E-state index in [9.17, 15) is 9.59 Å². The Hall–Kier alpha value is -1.40. The van der Waals surface area contributed by atoms with E-state index in [2.05, 4.69) is 23.2 Å². The molecule has 5 nitrogen and oxygen atoms in total. The normalized spacial score (nSPS) is 22.6. The van der Waals surface area contributed by atoms with Crippen molar-refractivity contribution in [2.24, 2.45) is 11.7 Å². The number of carbonyl (C=O) groups is 2. The van der Waals surface area contributed by atoms with Gasteiger partial charge in [0.15, 0.2) is 0 Å². The fourth-order valence-corrected chi connectivity index (χ4v) is 4.64. The van der Waals surface area contributed by atoms with Crippen LogP contribution in [-0.4, -0.2) is 42.4 Å². The van der Waals surface area contributed by atoms with Gasteiger partial charge in [0.1, 0.15) is 0 Å². The summed E-state index contributed by atoms with van der Waals surface area (Å²) >= 11 is 1.66. The fourth-order valence-electron chi connectivity index (χ4n) is 3.53. The van der Waals surface area contributed by atoms with Crippen LogP contribution in [0.2, 0.25) is 0 Å². The predicted octanol–water partition coefficient (Wildman–Crippen LogP) is 1.55. The minimum Gasteiger partial charge on any atom is -0.369 e. The van der Waals surface area contributed by atoms with Gasteiger partial charge in [-0.05, 0) is 49.7 Å². The second-order valence-electron chi connectivity index (χ2n) is 6.90. The molecule has 1 aromatic rings. The first-order valence-corrected chi connectivity index (χ1v) is 9.26. The lowest BCUT2D eigenvalue weighted by Gasteiger charge is -2.31. The molecule has 0 radical (unpaired) electrons. The maximum absolute atomic E-state index is 12.5. The first-order chi connectivity index (χ1) is 11.0. The van der Waals surface area contributed by atoms with Gasteiger partial charge >= 0.3 is 0 Å². The highest BCUT2D eigenvalue weighted by atomic mass is 32.1. The molecule has 0 spiro atoms.